The van der Waals surface area contributed by atoms with Gasteiger partial charge in [-0.05, 0) is 31.5 Å². The van der Waals surface area contributed by atoms with Crippen molar-refractivity contribution in [3.8, 4) is 0 Å². The maximum atomic E-state index is 13.2. The van der Waals surface area contributed by atoms with Gasteiger partial charge in [0, 0.05) is 23.1 Å². The van der Waals surface area contributed by atoms with Crippen molar-refractivity contribution in [1.82, 2.24) is 20.1 Å². The van der Waals surface area contributed by atoms with Crippen LogP contribution in [0.25, 0.3) is 0 Å². The van der Waals surface area contributed by atoms with Gasteiger partial charge in [-0.15, -0.1) is 11.3 Å². The summed E-state index contributed by atoms with van der Waals surface area (Å²) < 4.78 is 27.6. The van der Waals surface area contributed by atoms with Crippen LogP contribution in [-0.4, -0.2) is 20.7 Å². The summed E-state index contributed by atoms with van der Waals surface area (Å²) in [6, 6.07) is 6.38. The largest absolute Gasteiger partial charge is 0.339 e. The van der Waals surface area contributed by atoms with E-state index in [1.165, 1.54) is 29.3 Å². The molecule has 5 nitrogen and oxygen atoms in total. The van der Waals surface area contributed by atoms with Crippen molar-refractivity contribution in [2.24, 2.45) is 7.05 Å². The third-order valence-electron chi connectivity index (χ3n) is 4.08. The summed E-state index contributed by atoms with van der Waals surface area (Å²) in [5.41, 5.74) is 0.912. The molecule has 27 heavy (non-hydrogen) atoms. The smallest absolute Gasteiger partial charge is 0.282 e. The number of aromatic nitrogens is 3. The lowest BCUT2D eigenvalue weighted by Crippen LogP contribution is -2.29. The average Bonchev–Trinajstić information content (AvgIpc) is 3.16. The molecule has 0 bridgehead atoms. The van der Waals surface area contributed by atoms with Gasteiger partial charge in [-0.25, -0.2) is 13.8 Å². The van der Waals surface area contributed by atoms with Crippen LogP contribution in [-0.2, 0) is 7.05 Å². The Balaban J connectivity index is 1.98. The number of rotatable bonds is 5. The number of nitrogens with one attached hydrogen (secondary N) is 1. The number of aryl methyl sites for hydroxylation is 3. The number of halogens is 3. The molecular weight excluding hydrogens is 394 g/mol. The van der Waals surface area contributed by atoms with Crippen LogP contribution in [0.15, 0.2) is 30.5 Å². The highest BCUT2D eigenvalue weighted by molar-refractivity contribution is 7.11. The minimum atomic E-state index is -2.84. The molecule has 3 rings (SSSR count). The summed E-state index contributed by atoms with van der Waals surface area (Å²) in [5, 5.41) is 7.73. The number of amides is 1. The fourth-order valence-corrected chi connectivity index (χ4v) is 3.74. The second-order valence-corrected chi connectivity index (χ2v) is 7.73. The normalized spacial score (nSPS) is 12.4. The van der Waals surface area contributed by atoms with Crippen LogP contribution in [0, 0.1) is 13.8 Å². The Bertz CT molecular complexity index is 949. The van der Waals surface area contributed by atoms with Crippen molar-refractivity contribution in [3.63, 3.8) is 0 Å². The van der Waals surface area contributed by atoms with Crippen molar-refractivity contribution < 1.29 is 13.6 Å². The van der Waals surface area contributed by atoms with E-state index in [1.807, 2.05) is 13.8 Å². The molecule has 0 radical (unpaired) electrons. The molecule has 1 N–H and O–H groups in total. The van der Waals surface area contributed by atoms with Crippen LogP contribution >= 0.6 is 22.9 Å². The predicted octanol–water partition coefficient (Wildman–Crippen LogP) is 4.60. The summed E-state index contributed by atoms with van der Waals surface area (Å²) in [6.07, 6.45) is -1.56. The first kappa shape index (κ1) is 19.4. The molecule has 0 saturated carbocycles. The average molecular weight is 411 g/mol. The molecule has 1 unspecified atom stereocenters. The summed E-state index contributed by atoms with van der Waals surface area (Å²) in [7, 11) is 1.49. The number of nitrogens with zero attached hydrogens (tertiary/aromatic N) is 3. The molecule has 0 aliphatic heterocycles. The van der Waals surface area contributed by atoms with Crippen LogP contribution in [0.2, 0.25) is 5.02 Å². The fraction of sp³-hybridized carbons (Fsp3) is 0.278. The first-order valence-electron chi connectivity index (χ1n) is 8.08. The van der Waals surface area contributed by atoms with Gasteiger partial charge in [-0.3, -0.25) is 9.48 Å². The Morgan fingerprint density at radius 1 is 1.26 bits per heavy atom. The Labute approximate surface area is 164 Å². The third-order valence-corrected chi connectivity index (χ3v) is 5.47. The van der Waals surface area contributed by atoms with Gasteiger partial charge in [0.05, 0.1) is 11.3 Å². The number of alkyl halides is 2. The fourth-order valence-electron chi connectivity index (χ4n) is 2.61. The minimum Gasteiger partial charge on any atom is -0.339 e. The summed E-state index contributed by atoms with van der Waals surface area (Å²) in [5.74, 6) is -0.635. The lowest BCUT2D eigenvalue weighted by molar-refractivity contribution is 0.0928. The molecule has 1 atom stereocenters. The van der Waals surface area contributed by atoms with Crippen molar-refractivity contribution in [3.05, 3.63) is 67.9 Å². The van der Waals surface area contributed by atoms with Crippen LogP contribution < -0.4 is 5.32 Å². The van der Waals surface area contributed by atoms with Gasteiger partial charge in [0.15, 0.2) is 0 Å². The highest BCUT2D eigenvalue weighted by Crippen LogP contribution is 2.30. The topological polar surface area (TPSA) is 59.8 Å². The summed E-state index contributed by atoms with van der Waals surface area (Å²) in [6.45, 7) is 3.82. The molecule has 9 heteroatoms. The first-order chi connectivity index (χ1) is 12.8. The maximum absolute atomic E-state index is 13.2. The number of hydrogen-bond donors (Lipinski definition) is 1. The van der Waals surface area contributed by atoms with Gasteiger partial charge in [-0.1, -0.05) is 23.7 Å². The molecule has 2 aromatic heterocycles. The van der Waals surface area contributed by atoms with E-state index >= 15 is 0 Å². The Morgan fingerprint density at radius 3 is 2.48 bits per heavy atom. The van der Waals surface area contributed by atoms with E-state index in [0.29, 0.717) is 10.0 Å². The number of carbonyl (C=O) groups is 1. The van der Waals surface area contributed by atoms with E-state index in [2.05, 4.69) is 15.4 Å². The van der Waals surface area contributed by atoms with E-state index in [4.69, 9.17) is 11.6 Å². The summed E-state index contributed by atoms with van der Waals surface area (Å²) in [4.78, 5) is 18.3. The number of hydrogen-bond acceptors (Lipinski definition) is 4. The highest BCUT2D eigenvalue weighted by atomic mass is 35.5. The Hall–Kier alpha value is -2.32. The van der Waals surface area contributed by atoms with Crippen molar-refractivity contribution >= 4 is 28.8 Å². The molecule has 0 aliphatic rings. The van der Waals surface area contributed by atoms with Gasteiger partial charge < -0.3 is 5.32 Å². The lowest BCUT2D eigenvalue weighted by atomic mass is 10.1. The second-order valence-electron chi connectivity index (χ2n) is 6.05. The molecule has 0 saturated heterocycles. The lowest BCUT2D eigenvalue weighted by Gasteiger charge is -2.17. The number of carbonyl (C=O) groups excluding carboxylic acids is 1. The third kappa shape index (κ3) is 4.17. The van der Waals surface area contributed by atoms with Crippen molar-refractivity contribution in [2.45, 2.75) is 26.3 Å². The molecule has 1 aromatic carbocycles. The Kier molecular flexibility index (Phi) is 5.57. The molecule has 142 valence electrons. The highest BCUT2D eigenvalue weighted by Gasteiger charge is 2.27. The molecular formula is C18H17ClF2N4OS. The van der Waals surface area contributed by atoms with Crippen LogP contribution in [0.3, 0.4) is 0 Å². The molecule has 2 heterocycles. The molecule has 0 aliphatic carbocycles. The quantitative estimate of drug-likeness (QED) is 0.668. The van der Waals surface area contributed by atoms with E-state index < -0.39 is 24.1 Å². The van der Waals surface area contributed by atoms with Gasteiger partial charge in [0.25, 0.3) is 12.3 Å². The van der Waals surface area contributed by atoms with Crippen LogP contribution in [0.5, 0.6) is 0 Å². The second kappa shape index (κ2) is 7.74. The van der Waals surface area contributed by atoms with Crippen LogP contribution in [0.1, 0.15) is 49.7 Å². The molecule has 0 fully saturated rings. The van der Waals surface area contributed by atoms with Gasteiger partial charge >= 0.3 is 0 Å². The van der Waals surface area contributed by atoms with Crippen LogP contribution in [0.4, 0.5) is 8.78 Å². The predicted molar refractivity (Wildman–Crippen MR) is 101 cm³/mol. The standard InChI is InChI=1S/C18H17ClF2N4OS/c1-9-10(2)27-18(22-9)14(11-4-6-12(19)7-5-11)23-17(26)13-8-25(3)24-15(13)16(20)21/h4-8,14,16H,1-3H3,(H,23,26). The molecule has 1 amide bonds. The van der Waals surface area contributed by atoms with Gasteiger partial charge in [0.2, 0.25) is 0 Å². The minimum absolute atomic E-state index is 0.156. The summed E-state index contributed by atoms with van der Waals surface area (Å²) >= 11 is 7.40. The maximum Gasteiger partial charge on any atom is 0.282 e. The zero-order chi connectivity index (χ0) is 19.7. The SMILES string of the molecule is Cc1nc(C(NC(=O)c2cn(C)nc2C(F)F)c2ccc(Cl)cc2)sc1C. The number of thiazole rings is 1. The monoisotopic (exact) mass is 410 g/mol. The number of benzene rings is 1. The van der Waals surface area contributed by atoms with E-state index in [0.717, 1.165) is 16.1 Å². The molecule has 3 aromatic rings. The van der Waals surface area contributed by atoms with Gasteiger partial charge in [-0.2, -0.15) is 5.10 Å². The van der Waals surface area contributed by atoms with Crippen molar-refractivity contribution in [1.29, 1.82) is 0 Å². The van der Waals surface area contributed by atoms with E-state index in [-0.39, 0.29) is 5.56 Å². The van der Waals surface area contributed by atoms with Gasteiger partial charge in [0.1, 0.15) is 16.7 Å². The zero-order valence-electron chi connectivity index (χ0n) is 14.8. The molecule has 0 spiro atoms. The van der Waals surface area contributed by atoms with Crippen molar-refractivity contribution in [2.75, 3.05) is 0 Å². The van der Waals surface area contributed by atoms with E-state index in [9.17, 15) is 13.6 Å². The zero-order valence-corrected chi connectivity index (χ0v) is 16.4. The first-order valence-corrected chi connectivity index (χ1v) is 9.27. The van der Waals surface area contributed by atoms with E-state index in [1.54, 1.807) is 24.3 Å². The Morgan fingerprint density at radius 2 is 1.93 bits per heavy atom.